The second-order valence-corrected chi connectivity index (χ2v) is 19.6. The average molecular weight is 436 g/mol. The van der Waals surface area contributed by atoms with Crippen LogP contribution in [0.15, 0.2) is 36.4 Å². The zero-order valence-electron chi connectivity index (χ0n) is 14.6. The Labute approximate surface area is 165 Å². The minimum atomic E-state index is -1.92. The minimum absolute atomic E-state index is 1.30. The summed E-state index contributed by atoms with van der Waals surface area (Å²) >= 11 is -1.92. The second-order valence-electron chi connectivity index (χ2n) is 7.16. The fourth-order valence-corrected chi connectivity index (χ4v) is 6.37. The van der Waals surface area contributed by atoms with E-state index in [-0.39, 0.29) is 0 Å². The molecule has 1 aliphatic carbocycles. The third kappa shape index (κ3) is 5.69. The molecule has 0 aromatic heterocycles. The van der Waals surface area contributed by atoms with Gasteiger partial charge in [-0.15, -0.1) is 0 Å². The number of fused-ring (bicyclic) bond motifs is 1. The summed E-state index contributed by atoms with van der Waals surface area (Å²) in [6.45, 7) is 7.36. The van der Waals surface area contributed by atoms with Crippen LogP contribution >= 0.6 is 27.9 Å². The zero-order chi connectivity index (χ0) is 17.7. The van der Waals surface area contributed by atoms with Crippen molar-refractivity contribution in [2.24, 2.45) is 0 Å². The first kappa shape index (κ1) is 20.7. The average Bonchev–Trinajstić information content (AvgIpc) is 2.83. The number of halogens is 3. The molecule has 0 radical (unpaired) electrons. The van der Waals surface area contributed by atoms with E-state index < -0.39 is 22.8 Å². The van der Waals surface area contributed by atoms with Gasteiger partial charge >= 0.3 is 42.6 Å². The summed E-state index contributed by atoms with van der Waals surface area (Å²) in [5, 5.41) is 1.59. The van der Waals surface area contributed by atoms with Crippen LogP contribution in [0, 0.1) is 6.92 Å². The van der Waals surface area contributed by atoms with Gasteiger partial charge in [-0.05, 0) is 0 Å². The monoisotopic (exact) mass is 434 g/mol. The van der Waals surface area contributed by atoms with E-state index in [2.05, 4.69) is 56.4 Å². The molecule has 0 aliphatic heterocycles. The van der Waals surface area contributed by atoms with Crippen molar-refractivity contribution in [1.82, 2.24) is 0 Å². The third-order valence-electron chi connectivity index (χ3n) is 4.92. The Morgan fingerprint density at radius 1 is 1.04 bits per heavy atom. The summed E-state index contributed by atoms with van der Waals surface area (Å²) in [4.78, 5) is 0. The van der Waals surface area contributed by atoms with Gasteiger partial charge in [0.25, 0.3) is 0 Å². The topological polar surface area (TPSA) is 0 Å². The molecule has 0 saturated heterocycles. The predicted molar refractivity (Wildman–Crippen MR) is 108 cm³/mol. The third-order valence-corrected chi connectivity index (χ3v) is 8.05. The van der Waals surface area contributed by atoms with Gasteiger partial charge in [-0.2, -0.15) is 22.3 Å². The maximum absolute atomic E-state index is 4.97. The van der Waals surface area contributed by atoms with Crippen molar-refractivity contribution in [2.45, 2.75) is 51.7 Å². The van der Waals surface area contributed by atoms with Crippen molar-refractivity contribution < 1.29 is 14.7 Å². The molecular weight excluding hydrogens is 411 g/mol. The Balaban J connectivity index is 0.000000471. The van der Waals surface area contributed by atoms with E-state index in [1.165, 1.54) is 31.7 Å². The Kier molecular flexibility index (Phi) is 8.06. The van der Waals surface area contributed by atoms with Crippen LogP contribution in [0.25, 0.3) is 0 Å². The molecule has 130 valence electrons. The van der Waals surface area contributed by atoms with Gasteiger partial charge in [0.2, 0.25) is 0 Å². The molecule has 0 N–H and O–H groups in total. The molecule has 2 aromatic rings. The summed E-state index contributed by atoms with van der Waals surface area (Å²) in [6, 6.07) is 14.9. The molecule has 0 atom stereocenters. The Hall–Kier alpha value is 0.371. The van der Waals surface area contributed by atoms with Crippen LogP contribution < -0.4 is 5.19 Å². The first-order valence-electron chi connectivity index (χ1n) is 8.47. The SMILES string of the molecule is Cc1cc2c([c-]1C[Si](C)(C)c1ccccc1)CCCC2.[Cl][Ti+]([Cl])[Cl]. The molecule has 1 aliphatic rings. The van der Waals surface area contributed by atoms with Gasteiger partial charge in [0, 0.05) is 0 Å². The standard InChI is InChI=1S/C19H25Si.3ClH.Ti/c1-15-13-16-9-7-8-12-18(16)19(15)14-20(2,3)17-10-5-4-6-11-17;;;;/h4-6,10-11,13H,7-9,12,14H2,1-3H3;3*1H;/q-1;;;;+4/p-3. The number of rotatable bonds is 3. The molecule has 0 heterocycles. The van der Waals surface area contributed by atoms with Crippen molar-refractivity contribution >= 4 is 41.2 Å². The number of hydrogen-bond acceptors (Lipinski definition) is 0. The van der Waals surface area contributed by atoms with Gasteiger partial charge in [-0.1, -0.05) is 87.3 Å². The summed E-state index contributed by atoms with van der Waals surface area (Å²) in [7, 11) is 13.5. The van der Waals surface area contributed by atoms with Gasteiger partial charge in [0.05, 0.1) is 8.07 Å². The van der Waals surface area contributed by atoms with Crippen molar-refractivity contribution in [3.8, 4) is 0 Å². The molecule has 0 unspecified atom stereocenters. The summed E-state index contributed by atoms with van der Waals surface area (Å²) in [6.07, 6.45) is 5.40. The molecule has 24 heavy (non-hydrogen) atoms. The molecular formula is C19H25Cl3SiTi. The van der Waals surface area contributed by atoms with Crippen LogP contribution in [0.5, 0.6) is 0 Å². The molecule has 2 aromatic carbocycles. The van der Waals surface area contributed by atoms with E-state index in [0.717, 1.165) is 0 Å². The van der Waals surface area contributed by atoms with E-state index in [0.29, 0.717) is 0 Å². The predicted octanol–water partition coefficient (Wildman–Crippen LogP) is 6.36. The van der Waals surface area contributed by atoms with Crippen LogP contribution in [-0.2, 0) is 33.6 Å². The normalized spacial score (nSPS) is 13.8. The van der Waals surface area contributed by atoms with Gasteiger partial charge in [-0.25, -0.2) is 6.07 Å². The molecule has 0 nitrogen and oxygen atoms in total. The quantitative estimate of drug-likeness (QED) is 0.389. The van der Waals surface area contributed by atoms with Crippen molar-refractivity contribution in [3.63, 3.8) is 0 Å². The summed E-state index contributed by atoms with van der Waals surface area (Å²) < 4.78 is 0. The van der Waals surface area contributed by atoms with E-state index >= 15 is 0 Å². The van der Waals surface area contributed by atoms with Crippen molar-refractivity contribution in [2.75, 3.05) is 0 Å². The number of aryl methyl sites for hydroxylation is 2. The Morgan fingerprint density at radius 2 is 1.62 bits per heavy atom. The molecule has 0 saturated carbocycles. The van der Waals surface area contributed by atoms with Gasteiger partial charge < -0.3 is 0 Å². The van der Waals surface area contributed by atoms with E-state index in [4.69, 9.17) is 27.9 Å². The molecule has 5 heteroatoms. The van der Waals surface area contributed by atoms with Crippen molar-refractivity contribution in [1.29, 1.82) is 0 Å². The van der Waals surface area contributed by atoms with E-state index in [1.807, 2.05) is 0 Å². The van der Waals surface area contributed by atoms with Crippen LogP contribution in [0.4, 0.5) is 0 Å². The number of hydrogen-bond donors (Lipinski definition) is 0. The van der Waals surface area contributed by atoms with Crippen molar-refractivity contribution in [3.05, 3.63) is 58.7 Å². The molecule has 0 fully saturated rings. The van der Waals surface area contributed by atoms with Gasteiger partial charge in [-0.3, -0.25) is 0 Å². The van der Waals surface area contributed by atoms with E-state index in [1.54, 1.807) is 27.4 Å². The van der Waals surface area contributed by atoms with E-state index in [9.17, 15) is 0 Å². The maximum atomic E-state index is 4.97. The van der Waals surface area contributed by atoms with Gasteiger partial charge in [0.1, 0.15) is 0 Å². The summed E-state index contributed by atoms with van der Waals surface area (Å²) in [5.41, 5.74) is 6.61. The Morgan fingerprint density at radius 3 is 2.25 bits per heavy atom. The first-order valence-corrected chi connectivity index (χ1v) is 18.1. The van der Waals surface area contributed by atoms with Crippen LogP contribution in [0.3, 0.4) is 0 Å². The van der Waals surface area contributed by atoms with Crippen LogP contribution in [0.2, 0.25) is 13.1 Å². The fraction of sp³-hybridized carbons (Fsp3) is 0.421. The molecule has 0 spiro atoms. The first-order chi connectivity index (χ1) is 11.3. The fourth-order valence-electron chi connectivity index (χ4n) is 3.70. The molecule has 0 amide bonds. The molecule has 3 rings (SSSR count). The second kappa shape index (κ2) is 9.35. The number of benzene rings is 1. The van der Waals surface area contributed by atoms with Crippen LogP contribution in [0.1, 0.15) is 35.1 Å². The molecule has 0 bridgehead atoms. The van der Waals surface area contributed by atoms with Gasteiger partial charge in [0.15, 0.2) is 0 Å². The Bertz CT molecular complexity index is 647. The van der Waals surface area contributed by atoms with Crippen LogP contribution in [-0.4, -0.2) is 8.07 Å². The zero-order valence-corrected chi connectivity index (χ0v) is 19.5. The summed E-state index contributed by atoms with van der Waals surface area (Å²) in [5.74, 6) is 0.